The highest BCUT2D eigenvalue weighted by Gasteiger charge is 2.42. The smallest absolute Gasteiger partial charge is 0.262 e. The molecule has 0 aromatic rings. The highest BCUT2D eigenvalue weighted by atomic mass is 35.7. The van der Waals surface area contributed by atoms with E-state index in [1.165, 1.54) is 0 Å². The van der Waals surface area contributed by atoms with Crippen LogP contribution in [0, 0.1) is 0 Å². The monoisotopic (exact) mass is 502 g/mol. The lowest BCUT2D eigenvalue weighted by atomic mass is 10.3. The molecule has 0 aromatic carbocycles. The van der Waals surface area contributed by atoms with Crippen LogP contribution >= 0.6 is 34.7 Å². The van der Waals surface area contributed by atoms with Crippen molar-refractivity contribution in [2.24, 2.45) is 0 Å². The van der Waals surface area contributed by atoms with Crippen LogP contribution < -0.4 is 5.32 Å². The predicted molar refractivity (Wildman–Crippen MR) is 100 cm³/mol. The number of sulfonamides is 1. The summed E-state index contributed by atoms with van der Waals surface area (Å²) < 4.78 is 91.3. The Morgan fingerprint density at radius 3 is 1.85 bits per heavy atom. The standard InChI is InChI=1S/C6H9F2NO2S.C4H7F2N.C2H4Cl2O2S.ClH/c1-2-12(10,11)9-4-3-6(7,8)5-9;5-4(6)1-2-7-3-4;3-1-2-7(4,5)6;/h2H,1,3-5H2;7H,1-3H2;1-2H2;1H. The van der Waals surface area contributed by atoms with E-state index in [4.69, 9.17) is 22.3 Å². The molecule has 2 aliphatic rings. The minimum Gasteiger partial charge on any atom is -0.311 e. The number of rotatable bonds is 4. The summed E-state index contributed by atoms with van der Waals surface area (Å²) in [5, 5.41) is 3.25. The fourth-order valence-corrected chi connectivity index (χ4v) is 3.94. The van der Waals surface area contributed by atoms with Gasteiger partial charge in [0.05, 0.1) is 18.8 Å². The van der Waals surface area contributed by atoms with E-state index in [1.807, 2.05) is 0 Å². The molecule has 0 amide bonds. The summed E-state index contributed by atoms with van der Waals surface area (Å²) in [6, 6.07) is 0. The van der Waals surface area contributed by atoms with Gasteiger partial charge in [0.25, 0.3) is 11.8 Å². The van der Waals surface area contributed by atoms with Crippen molar-refractivity contribution in [3.8, 4) is 0 Å². The van der Waals surface area contributed by atoms with Gasteiger partial charge in [-0.3, -0.25) is 0 Å². The molecule has 2 saturated heterocycles. The van der Waals surface area contributed by atoms with Crippen LogP contribution in [0.15, 0.2) is 12.0 Å². The minimum absolute atomic E-state index is 0. The number of nitrogens with one attached hydrogen (secondary N) is 1. The Bertz CT molecular complexity index is 656. The van der Waals surface area contributed by atoms with Gasteiger partial charge in [0, 0.05) is 47.9 Å². The molecular weight excluding hydrogens is 483 g/mol. The van der Waals surface area contributed by atoms with Gasteiger partial charge in [-0.2, -0.15) is 4.31 Å². The summed E-state index contributed by atoms with van der Waals surface area (Å²) in [6.07, 6.45) is -0.396. The Morgan fingerprint density at radius 1 is 1.11 bits per heavy atom. The van der Waals surface area contributed by atoms with Crippen LogP contribution in [-0.4, -0.2) is 70.8 Å². The molecule has 2 heterocycles. The Hall–Kier alpha value is 0.150. The van der Waals surface area contributed by atoms with E-state index in [0.29, 0.717) is 12.0 Å². The Balaban J connectivity index is 0. The lowest BCUT2D eigenvalue weighted by Crippen LogP contribution is -2.29. The lowest BCUT2D eigenvalue weighted by molar-refractivity contribution is 0.0183. The van der Waals surface area contributed by atoms with E-state index in [1.54, 1.807) is 0 Å². The van der Waals surface area contributed by atoms with Crippen molar-refractivity contribution in [1.29, 1.82) is 0 Å². The zero-order valence-electron chi connectivity index (χ0n) is 14.0. The third kappa shape index (κ3) is 13.9. The Labute approximate surface area is 172 Å². The van der Waals surface area contributed by atoms with E-state index >= 15 is 0 Å². The van der Waals surface area contributed by atoms with E-state index in [-0.39, 0.29) is 43.6 Å². The summed E-state index contributed by atoms with van der Waals surface area (Å²) >= 11 is 5.02. The molecular formula is C12H21Cl3F4N2O4S2. The van der Waals surface area contributed by atoms with Crippen LogP contribution in [0.4, 0.5) is 17.6 Å². The largest absolute Gasteiger partial charge is 0.311 e. The van der Waals surface area contributed by atoms with Crippen molar-refractivity contribution in [2.45, 2.75) is 24.7 Å². The number of nitrogens with zero attached hydrogens (tertiary/aromatic N) is 1. The number of alkyl halides is 5. The van der Waals surface area contributed by atoms with Crippen LogP contribution in [0.3, 0.4) is 0 Å². The molecule has 27 heavy (non-hydrogen) atoms. The average Bonchev–Trinajstić information content (AvgIpc) is 3.04. The molecule has 0 radical (unpaired) electrons. The second kappa shape index (κ2) is 12.0. The van der Waals surface area contributed by atoms with Crippen molar-refractivity contribution in [1.82, 2.24) is 9.62 Å². The minimum atomic E-state index is -3.65. The number of halogens is 7. The highest BCUT2D eigenvalue weighted by Crippen LogP contribution is 2.28. The van der Waals surface area contributed by atoms with Gasteiger partial charge in [0.1, 0.15) is 0 Å². The van der Waals surface area contributed by atoms with Crippen LogP contribution in [0.1, 0.15) is 12.8 Å². The molecule has 0 spiro atoms. The number of hydrogen-bond donors (Lipinski definition) is 1. The van der Waals surface area contributed by atoms with Crippen LogP contribution in [0.5, 0.6) is 0 Å². The first-order chi connectivity index (χ1) is 11.6. The molecule has 0 unspecified atom stereocenters. The molecule has 0 saturated carbocycles. The second-order valence-electron chi connectivity index (χ2n) is 5.37. The summed E-state index contributed by atoms with van der Waals surface area (Å²) in [7, 11) is -2.26. The van der Waals surface area contributed by atoms with Crippen molar-refractivity contribution >= 4 is 53.8 Å². The lowest BCUT2D eigenvalue weighted by Gasteiger charge is -2.12. The Kier molecular flexibility index (Phi) is 13.0. The molecule has 15 heteroatoms. The summed E-state index contributed by atoms with van der Waals surface area (Å²) in [5.74, 6) is -5.39. The third-order valence-electron chi connectivity index (χ3n) is 3.08. The summed E-state index contributed by atoms with van der Waals surface area (Å²) in [6.45, 7) is 2.54. The van der Waals surface area contributed by atoms with Crippen LogP contribution in [0.2, 0.25) is 0 Å². The topological polar surface area (TPSA) is 83.6 Å². The maximum absolute atomic E-state index is 12.5. The molecule has 0 aliphatic carbocycles. The van der Waals surface area contributed by atoms with Gasteiger partial charge < -0.3 is 5.32 Å². The van der Waals surface area contributed by atoms with Gasteiger partial charge in [-0.25, -0.2) is 34.4 Å². The maximum Gasteiger partial charge on any atom is 0.262 e. The van der Waals surface area contributed by atoms with Crippen molar-refractivity contribution in [2.75, 3.05) is 37.8 Å². The fourth-order valence-electron chi connectivity index (χ4n) is 1.75. The maximum atomic E-state index is 12.5. The Morgan fingerprint density at radius 2 is 1.67 bits per heavy atom. The van der Waals surface area contributed by atoms with Gasteiger partial charge >= 0.3 is 0 Å². The van der Waals surface area contributed by atoms with E-state index in [0.717, 1.165) is 4.31 Å². The molecule has 164 valence electrons. The SMILES string of the molecule is C=CS(=O)(=O)N1CCC(F)(F)C1.Cl.FC1(F)CCNC1.O=S(=O)(Cl)CCCl. The van der Waals surface area contributed by atoms with E-state index < -0.39 is 43.9 Å². The van der Waals surface area contributed by atoms with Crippen LogP contribution in [-0.2, 0) is 19.1 Å². The zero-order chi connectivity index (χ0) is 20.6. The van der Waals surface area contributed by atoms with Gasteiger partial charge in [0.15, 0.2) is 0 Å². The summed E-state index contributed by atoms with van der Waals surface area (Å²) in [5.41, 5.74) is 0. The highest BCUT2D eigenvalue weighted by molar-refractivity contribution is 8.13. The van der Waals surface area contributed by atoms with E-state index in [9.17, 15) is 34.4 Å². The van der Waals surface area contributed by atoms with E-state index in [2.05, 4.69) is 11.9 Å². The quantitative estimate of drug-likeness (QED) is 0.362. The van der Waals surface area contributed by atoms with Crippen molar-refractivity contribution in [3.05, 3.63) is 12.0 Å². The summed E-state index contributed by atoms with van der Waals surface area (Å²) in [4.78, 5) is 0. The third-order valence-corrected chi connectivity index (χ3v) is 6.10. The zero-order valence-corrected chi connectivity index (χ0v) is 18.0. The molecule has 2 rings (SSSR count). The fraction of sp³-hybridized carbons (Fsp3) is 0.833. The predicted octanol–water partition coefficient (Wildman–Crippen LogP) is 2.63. The van der Waals surface area contributed by atoms with Gasteiger partial charge in [-0.15, -0.1) is 24.0 Å². The van der Waals surface area contributed by atoms with Gasteiger partial charge in [0.2, 0.25) is 19.1 Å². The molecule has 2 aliphatic heterocycles. The normalized spacial score (nSPS) is 21.1. The molecule has 0 aromatic heterocycles. The molecule has 0 bridgehead atoms. The molecule has 6 nitrogen and oxygen atoms in total. The number of hydrogen-bond acceptors (Lipinski definition) is 5. The molecule has 0 atom stereocenters. The van der Waals surface area contributed by atoms with Gasteiger partial charge in [-0.05, 0) is 0 Å². The van der Waals surface area contributed by atoms with Gasteiger partial charge in [-0.1, -0.05) is 6.58 Å². The van der Waals surface area contributed by atoms with Crippen molar-refractivity contribution in [3.63, 3.8) is 0 Å². The molecule has 2 fully saturated rings. The average molecular weight is 504 g/mol. The van der Waals surface area contributed by atoms with Crippen molar-refractivity contribution < 1.29 is 34.4 Å². The second-order valence-corrected chi connectivity index (χ2v) is 10.5. The first-order valence-corrected chi connectivity index (χ1v) is 11.7. The first kappa shape index (κ1) is 29.4. The molecule has 1 N–H and O–H groups in total. The first-order valence-electron chi connectivity index (χ1n) is 7.21. The van der Waals surface area contributed by atoms with Crippen LogP contribution in [0.25, 0.3) is 0 Å².